The Morgan fingerprint density at radius 1 is 1.14 bits per heavy atom. The van der Waals surface area contributed by atoms with Gasteiger partial charge in [0.15, 0.2) is 0 Å². The van der Waals surface area contributed by atoms with Gasteiger partial charge in [0, 0.05) is 18.3 Å². The molecule has 0 unspecified atom stereocenters. The molecule has 0 atom stereocenters. The van der Waals surface area contributed by atoms with Crippen molar-refractivity contribution in [2.75, 3.05) is 32.1 Å². The number of rotatable bonds is 9. The molecule has 0 fully saturated rings. The second kappa shape index (κ2) is 9.57. The molecular formula is C20H26N2O5S. The molecular weight excluding hydrogens is 380 g/mol. The summed E-state index contributed by atoms with van der Waals surface area (Å²) in [6.45, 7) is 5.72. The van der Waals surface area contributed by atoms with Gasteiger partial charge in [-0.2, -0.15) is 4.31 Å². The first-order chi connectivity index (χ1) is 13.3. The molecule has 7 nitrogen and oxygen atoms in total. The summed E-state index contributed by atoms with van der Waals surface area (Å²) in [7, 11) is -2.28. The Balaban J connectivity index is 2.16. The van der Waals surface area contributed by atoms with E-state index in [1.807, 2.05) is 6.92 Å². The summed E-state index contributed by atoms with van der Waals surface area (Å²) in [5, 5.41) is 2.70. The van der Waals surface area contributed by atoms with Crippen LogP contribution in [0.1, 0.15) is 19.4 Å². The van der Waals surface area contributed by atoms with E-state index in [-0.39, 0.29) is 18.0 Å². The van der Waals surface area contributed by atoms with Gasteiger partial charge in [0.1, 0.15) is 11.5 Å². The van der Waals surface area contributed by atoms with E-state index in [2.05, 4.69) is 5.32 Å². The van der Waals surface area contributed by atoms with Crippen molar-refractivity contribution in [2.45, 2.75) is 25.7 Å². The number of amides is 1. The fourth-order valence-electron chi connectivity index (χ4n) is 2.68. The van der Waals surface area contributed by atoms with E-state index in [0.29, 0.717) is 23.8 Å². The highest BCUT2D eigenvalue weighted by Gasteiger charge is 2.26. The molecule has 152 valence electrons. The third-order valence-corrected chi connectivity index (χ3v) is 6.03. The molecule has 0 aromatic heterocycles. The highest BCUT2D eigenvalue weighted by molar-refractivity contribution is 7.89. The van der Waals surface area contributed by atoms with Gasteiger partial charge in [-0.15, -0.1) is 0 Å². The van der Waals surface area contributed by atoms with E-state index in [9.17, 15) is 13.2 Å². The number of likely N-dealkylation sites (N-methyl/N-ethyl adjacent to an activating group) is 1. The van der Waals surface area contributed by atoms with Crippen molar-refractivity contribution in [3.63, 3.8) is 0 Å². The fourth-order valence-corrected chi connectivity index (χ4v) is 4.17. The SMILES string of the molecule is CCOc1ccc(S(=O)(=O)N(CC)CC(=O)Nc2cccc(OC)c2)cc1C. The van der Waals surface area contributed by atoms with Crippen LogP contribution in [0.15, 0.2) is 47.4 Å². The van der Waals surface area contributed by atoms with Gasteiger partial charge in [-0.05, 0) is 49.7 Å². The van der Waals surface area contributed by atoms with Crippen molar-refractivity contribution in [1.82, 2.24) is 4.31 Å². The van der Waals surface area contributed by atoms with E-state index in [1.165, 1.54) is 13.2 Å². The highest BCUT2D eigenvalue weighted by atomic mass is 32.2. The highest BCUT2D eigenvalue weighted by Crippen LogP contribution is 2.24. The lowest BCUT2D eigenvalue weighted by atomic mass is 10.2. The van der Waals surface area contributed by atoms with Crippen LogP contribution < -0.4 is 14.8 Å². The van der Waals surface area contributed by atoms with Crippen molar-refractivity contribution in [3.05, 3.63) is 48.0 Å². The van der Waals surface area contributed by atoms with E-state index in [0.717, 1.165) is 9.87 Å². The molecule has 2 aromatic rings. The first kappa shape index (κ1) is 21.7. The van der Waals surface area contributed by atoms with Crippen LogP contribution in [0, 0.1) is 6.92 Å². The zero-order chi connectivity index (χ0) is 20.7. The number of carbonyl (C=O) groups is 1. The van der Waals surface area contributed by atoms with Crippen molar-refractivity contribution in [3.8, 4) is 11.5 Å². The maximum atomic E-state index is 13.0. The minimum atomic E-state index is -3.81. The second-order valence-corrected chi connectivity index (χ2v) is 8.01. The van der Waals surface area contributed by atoms with Crippen molar-refractivity contribution in [2.24, 2.45) is 0 Å². The maximum absolute atomic E-state index is 13.0. The van der Waals surface area contributed by atoms with Gasteiger partial charge in [0.25, 0.3) is 0 Å². The number of methoxy groups -OCH3 is 1. The molecule has 2 rings (SSSR count). The number of nitrogens with zero attached hydrogens (tertiary/aromatic N) is 1. The number of anilines is 1. The second-order valence-electron chi connectivity index (χ2n) is 6.07. The standard InChI is InChI=1S/C20H26N2O5S/c1-5-22(14-20(23)21-16-8-7-9-17(13-16)26-4)28(24,25)18-10-11-19(27-6-2)15(3)12-18/h7-13H,5-6,14H2,1-4H3,(H,21,23). The lowest BCUT2D eigenvalue weighted by Gasteiger charge is -2.21. The number of carbonyl (C=O) groups excluding carboxylic acids is 1. The summed E-state index contributed by atoms with van der Waals surface area (Å²) in [6.07, 6.45) is 0. The zero-order valence-corrected chi connectivity index (χ0v) is 17.4. The number of benzene rings is 2. The first-order valence-corrected chi connectivity index (χ1v) is 10.4. The Labute approximate surface area is 166 Å². The van der Waals surface area contributed by atoms with Crippen molar-refractivity contribution >= 4 is 21.6 Å². The number of aryl methyl sites for hydroxylation is 1. The zero-order valence-electron chi connectivity index (χ0n) is 16.6. The van der Waals surface area contributed by atoms with Gasteiger partial charge >= 0.3 is 0 Å². The van der Waals surface area contributed by atoms with Crippen LogP contribution in [0.5, 0.6) is 11.5 Å². The average Bonchev–Trinajstić information content (AvgIpc) is 2.67. The Hall–Kier alpha value is -2.58. The smallest absolute Gasteiger partial charge is 0.243 e. The van der Waals surface area contributed by atoms with Crippen LogP contribution in [0.2, 0.25) is 0 Å². The summed E-state index contributed by atoms with van der Waals surface area (Å²) in [4.78, 5) is 12.5. The predicted molar refractivity (Wildman–Crippen MR) is 108 cm³/mol. The van der Waals surface area contributed by atoms with E-state index in [1.54, 1.807) is 50.2 Å². The minimum absolute atomic E-state index is 0.129. The Bertz CT molecular complexity index is 928. The average molecular weight is 407 g/mol. The largest absolute Gasteiger partial charge is 0.497 e. The number of ether oxygens (including phenoxy) is 2. The molecule has 28 heavy (non-hydrogen) atoms. The number of nitrogens with one attached hydrogen (secondary N) is 1. The molecule has 2 aromatic carbocycles. The van der Waals surface area contributed by atoms with Gasteiger partial charge in [-0.25, -0.2) is 8.42 Å². The summed E-state index contributed by atoms with van der Waals surface area (Å²) < 4.78 is 37.6. The van der Waals surface area contributed by atoms with Crippen molar-refractivity contribution < 1.29 is 22.7 Å². The molecule has 0 bridgehead atoms. The monoisotopic (exact) mass is 406 g/mol. The Kier molecular flexibility index (Phi) is 7.42. The molecule has 8 heteroatoms. The first-order valence-electron chi connectivity index (χ1n) is 8.99. The molecule has 0 aliphatic carbocycles. The Morgan fingerprint density at radius 3 is 2.50 bits per heavy atom. The van der Waals surface area contributed by atoms with Crippen LogP contribution in [-0.4, -0.2) is 45.4 Å². The molecule has 0 spiro atoms. The number of hydrogen-bond donors (Lipinski definition) is 1. The normalized spacial score (nSPS) is 11.3. The molecule has 1 N–H and O–H groups in total. The Morgan fingerprint density at radius 2 is 1.89 bits per heavy atom. The van der Waals surface area contributed by atoms with E-state index >= 15 is 0 Å². The molecule has 1 amide bonds. The van der Waals surface area contributed by atoms with Crippen molar-refractivity contribution in [1.29, 1.82) is 0 Å². The van der Waals surface area contributed by atoms with Gasteiger partial charge in [0.05, 0.1) is 25.2 Å². The molecule has 0 saturated carbocycles. The quantitative estimate of drug-likeness (QED) is 0.692. The molecule has 0 saturated heterocycles. The molecule has 0 heterocycles. The van der Waals surface area contributed by atoms with Crippen LogP contribution in [0.3, 0.4) is 0 Å². The minimum Gasteiger partial charge on any atom is -0.497 e. The predicted octanol–water partition coefficient (Wildman–Crippen LogP) is 3.05. The lowest BCUT2D eigenvalue weighted by Crippen LogP contribution is -2.37. The topological polar surface area (TPSA) is 84.9 Å². The maximum Gasteiger partial charge on any atom is 0.243 e. The summed E-state index contributed by atoms with van der Waals surface area (Å²) in [6, 6.07) is 11.6. The van der Waals surface area contributed by atoms with Gasteiger partial charge in [-0.3, -0.25) is 4.79 Å². The third-order valence-electron chi connectivity index (χ3n) is 4.11. The third kappa shape index (κ3) is 5.24. The van der Waals surface area contributed by atoms with Crippen LogP contribution in [-0.2, 0) is 14.8 Å². The van der Waals surface area contributed by atoms with Gasteiger partial charge in [0.2, 0.25) is 15.9 Å². The fraction of sp³-hybridized carbons (Fsp3) is 0.350. The number of sulfonamides is 1. The van der Waals surface area contributed by atoms with Gasteiger partial charge in [-0.1, -0.05) is 13.0 Å². The number of hydrogen-bond acceptors (Lipinski definition) is 5. The summed E-state index contributed by atoms with van der Waals surface area (Å²) in [5.74, 6) is 0.809. The summed E-state index contributed by atoms with van der Waals surface area (Å²) in [5.41, 5.74) is 1.26. The van der Waals surface area contributed by atoms with Gasteiger partial charge < -0.3 is 14.8 Å². The van der Waals surface area contributed by atoms with Crippen LogP contribution in [0.25, 0.3) is 0 Å². The van der Waals surface area contributed by atoms with Crippen LogP contribution >= 0.6 is 0 Å². The lowest BCUT2D eigenvalue weighted by molar-refractivity contribution is -0.116. The molecule has 0 radical (unpaired) electrons. The van der Waals surface area contributed by atoms with Crippen LogP contribution in [0.4, 0.5) is 5.69 Å². The van der Waals surface area contributed by atoms with E-state index in [4.69, 9.17) is 9.47 Å². The van der Waals surface area contributed by atoms with E-state index < -0.39 is 15.9 Å². The molecule has 0 aliphatic heterocycles. The molecule has 0 aliphatic rings. The summed E-state index contributed by atoms with van der Waals surface area (Å²) >= 11 is 0.